The van der Waals surface area contributed by atoms with Crippen molar-refractivity contribution in [1.29, 1.82) is 0 Å². The highest BCUT2D eigenvalue weighted by atomic mass is 79.9. The van der Waals surface area contributed by atoms with Crippen LogP contribution >= 0.6 is 15.9 Å². The van der Waals surface area contributed by atoms with Crippen LogP contribution in [0.4, 0.5) is 4.39 Å². The minimum Gasteiger partial charge on any atom is -0.478 e. The molecule has 1 N–H and O–H groups in total. The van der Waals surface area contributed by atoms with Crippen LogP contribution in [0.25, 0.3) is 0 Å². The van der Waals surface area contributed by atoms with Crippen molar-refractivity contribution in [2.45, 2.75) is 37.5 Å². The molecule has 0 aliphatic carbocycles. The maximum absolute atomic E-state index is 14.0. The maximum Gasteiger partial charge on any atom is 0.338 e. The molecule has 0 fully saturated rings. The lowest BCUT2D eigenvalue weighted by Crippen LogP contribution is -2.12. The van der Waals surface area contributed by atoms with Crippen molar-refractivity contribution in [3.05, 3.63) is 28.0 Å². The van der Waals surface area contributed by atoms with E-state index in [2.05, 4.69) is 15.9 Å². The molecule has 20 heavy (non-hydrogen) atoms. The second-order valence-corrected chi connectivity index (χ2v) is 7.44. The first-order valence-corrected chi connectivity index (χ1v) is 8.69. The number of sulfone groups is 1. The van der Waals surface area contributed by atoms with Crippen molar-refractivity contribution < 1.29 is 22.7 Å². The van der Waals surface area contributed by atoms with Gasteiger partial charge in [-0.25, -0.2) is 17.6 Å². The zero-order valence-electron chi connectivity index (χ0n) is 11.0. The Kier molecular flexibility index (Phi) is 6.13. The molecule has 112 valence electrons. The summed E-state index contributed by atoms with van der Waals surface area (Å²) in [6.07, 6.45) is 3.06. The molecule has 0 saturated carbocycles. The Morgan fingerprint density at radius 3 is 2.50 bits per heavy atom. The molecule has 0 aliphatic heterocycles. The average molecular weight is 367 g/mol. The number of halogens is 2. The third-order valence-corrected chi connectivity index (χ3v) is 5.09. The Bertz CT molecular complexity index is 599. The maximum atomic E-state index is 14.0. The van der Waals surface area contributed by atoms with E-state index in [0.717, 1.165) is 31.4 Å². The Labute approximate surface area is 126 Å². The monoisotopic (exact) mass is 366 g/mol. The number of hydrogen-bond acceptors (Lipinski definition) is 3. The summed E-state index contributed by atoms with van der Waals surface area (Å²) in [6.45, 7) is 2.00. The molecule has 4 nitrogen and oxygen atoms in total. The van der Waals surface area contributed by atoms with Gasteiger partial charge >= 0.3 is 5.97 Å². The number of rotatable bonds is 7. The topological polar surface area (TPSA) is 71.4 Å². The highest BCUT2D eigenvalue weighted by Crippen LogP contribution is 2.25. The molecule has 0 radical (unpaired) electrons. The second-order valence-electron chi connectivity index (χ2n) is 4.45. The number of unbranched alkanes of at least 4 members (excludes halogenated alkanes) is 3. The quantitative estimate of drug-likeness (QED) is 0.747. The molecule has 1 aromatic rings. The van der Waals surface area contributed by atoms with Gasteiger partial charge in [-0.05, 0) is 18.6 Å². The first-order chi connectivity index (χ1) is 9.29. The molecular formula is C13H16BrFO4S. The van der Waals surface area contributed by atoms with E-state index in [0.29, 0.717) is 6.42 Å². The van der Waals surface area contributed by atoms with Gasteiger partial charge in [0.15, 0.2) is 15.7 Å². The molecule has 0 atom stereocenters. The van der Waals surface area contributed by atoms with Crippen LogP contribution in [0, 0.1) is 5.82 Å². The predicted molar refractivity (Wildman–Crippen MR) is 77.3 cm³/mol. The third-order valence-electron chi connectivity index (χ3n) is 2.84. The molecule has 0 aromatic heterocycles. The second kappa shape index (κ2) is 7.17. The van der Waals surface area contributed by atoms with Crippen molar-refractivity contribution >= 4 is 31.7 Å². The fourth-order valence-electron chi connectivity index (χ4n) is 1.77. The summed E-state index contributed by atoms with van der Waals surface area (Å²) >= 11 is 3.01. The van der Waals surface area contributed by atoms with Crippen molar-refractivity contribution in [2.24, 2.45) is 0 Å². The summed E-state index contributed by atoms with van der Waals surface area (Å²) < 4.78 is 38.4. The van der Waals surface area contributed by atoms with Crippen molar-refractivity contribution in [2.75, 3.05) is 5.75 Å². The standard InChI is InChI=1S/C13H16BrFO4S/c1-2-3-4-5-6-20(18,19)11-8-9(14)7-10(12(11)15)13(16)17/h7-8H,2-6H2,1H3,(H,16,17). The smallest absolute Gasteiger partial charge is 0.338 e. The van der Waals surface area contributed by atoms with Crippen LogP contribution in [0.2, 0.25) is 0 Å². The van der Waals surface area contributed by atoms with E-state index in [9.17, 15) is 17.6 Å². The SMILES string of the molecule is CCCCCCS(=O)(=O)c1cc(Br)cc(C(=O)O)c1F. The fourth-order valence-corrected chi connectivity index (χ4v) is 3.88. The first kappa shape index (κ1) is 17.1. The predicted octanol–water partition coefficient (Wildman–Crippen LogP) is 3.64. The van der Waals surface area contributed by atoms with Crippen LogP contribution in [0.5, 0.6) is 0 Å². The van der Waals surface area contributed by atoms with E-state index in [1.165, 1.54) is 0 Å². The summed E-state index contributed by atoms with van der Waals surface area (Å²) in [5.74, 6) is -2.87. The van der Waals surface area contributed by atoms with Gasteiger partial charge in [-0.15, -0.1) is 0 Å². The third kappa shape index (κ3) is 4.28. The number of benzene rings is 1. The zero-order valence-corrected chi connectivity index (χ0v) is 13.4. The van der Waals surface area contributed by atoms with Gasteiger partial charge in [-0.3, -0.25) is 0 Å². The molecule has 0 bridgehead atoms. The molecule has 7 heteroatoms. The van der Waals surface area contributed by atoms with Gasteiger partial charge in [-0.2, -0.15) is 0 Å². The highest BCUT2D eigenvalue weighted by Gasteiger charge is 2.24. The summed E-state index contributed by atoms with van der Waals surface area (Å²) in [6, 6.07) is 2.16. The summed E-state index contributed by atoms with van der Waals surface area (Å²) in [7, 11) is -3.82. The summed E-state index contributed by atoms with van der Waals surface area (Å²) in [5, 5.41) is 8.87. The number of carboxylic acid groups (broad SMARTS) is 1. The van der Waals surface area contributed by atoms with Crippen LogP contribution in [0.15, 0.2) is 21.5 Å². The number of carbonyl (C=O) groups is 1. The molecule has 1 aromatic carbocycles. The minimum atomic E-state index is -3.82. The van der Waals surface area contributed by atoms with E-state index in [-0.39, 0.29) is 10.2 Å². The normalized spacial score (nSPS) is 11.6. The zero-order chi connectivity index (χ0) is 15.3. The van der Waals surface area contributed by atoms with Crippen LogP contribution in [0.3, 0.4) is 0 Å². The molecule has 1 rings (SSSR count). The average Bonchev–Trinajstić information content (AvgIpc) is 2.36. The number of carboxylic acids is 1. The van der Waals surface area contributed by atoms with Crippen LogP contribution in [-0.2, 0) is 9.84 Å². The van der Waals surface area contributed by atoms with Gasteiger partial charge in [0.05, 0.1) is 11.3 Å². The lowest BCUT2D eigenvalue weighted by molar-refractivity contribution is 0.0691. The molecule has 0 amide bonds. The lowest BCUT2D eigenvalue weighted by atomic mass is 10.2. The number of aromatic carboxylic acids is 1. The molecule has 0 unspecified atom stereocenters. The van der Waals surface area contributed by atoms with Crippen molar-refractivity contribution in [3.63, 3.8) is 0 Å². The molecule has 0 aliphatic rings. The van der Waals surface area contributed by atoms with E-state index in [1.807, 2.05) is 6.92 Å². The van der Waals surface area contributed by atoms with Crippen LogP contribution in [-0.4, -0.2) is 25.2 Å². The Morgan fingerprint density at radius 1 is 1.30 bits per heavy atom. The van der Waals surface area contributed by atoms with Gasteiger partial charge in [0.25, 0.3) is 0 Å². The first-order valence-electron chi connectivity index (χ1n) is 6.24. The molecular weight excluding hydrogens is 351 g/mol. The number of hydrogen-bond donors (Lipinski definition) is 1. The van der Waals surface area contributed by atoms with Gasteiger partial charge < -0.3 is 5.11 Å². The van der Waals surface area contributed by atoms with Gasteiger partial charge in [0, 0.05) is 4.47 Å². The molecule has 0 saturated heterocycles. The fraction of sp³-hybridized carbons (Fsp3) is 0.462. The van der Waals surface area contributed by atoms with Crippen molar-refractivity contribution in [3.8, 4) is 0 Å². The highest BCUT2D eigenvalue weighted by molar-refractivity contribution is 9.10. The Hall–Kier alpha value is -0.950. The Morgan fingerprint density at radius 2 is 1.95 bits per heavy atom. The minimum absolute atomic E-state index is 0.181. The van der Waals surface area contributed by atoms with E-state index < -0.39 is 32.1 Å². The van der Waals surface area contributed by atoms with E-state index in [1.54, 1.807) is 0 Å². The van der Waals surface area contributed by atoms with E-state index >= 15 is 0 Å². The van der Waals surface area contributed by atoms with Gasteiger partial charge in [-0.1, -0.05) is 42.1 Å². The Balaban J connectivity index is 3.09. The van der Waals surface area contributed by atoms with Crippen LogP contribution in [0.1, 0.15) is 43.0 Å². The van der Waals surface area contributed by atoms with Crippen molar-refractivity contribution in [1.82, 2.24) is 0 Å². The molecule has 0 spiro atoms. The lowest BCUT2D eigenvalue weighted by Gasteiger charge is -2.08. The largest absolute Gasteiger partial charge is 0.478 e. The summed E-state index contributed by atoms with van der Waals surface area (Å²) in [5.41, 5.74) is -0.647. The summed E-state index contributed by atoms with van der Waals surface area (Å²) in [4.78, 5) is 10.3. The van der Waals surface area contributed by atoms with Crippen LogP contribution < -0.4 is 0 Å². The van der Waals surface area contributed by atoms with Gasteiger partial charge in [0.2, 0.25) is 0 Å². The molecule has 0 heterocycles. The van der Waals surface area contributed by atoms with Gasteiger partial charge in [0.1, 0.15) is 4.90 Å². The van der Waals surface area contributed by atoms with E-state index in [4.69, 9.17) is 5.11 Å².